The third kappa shape index (κ3) is 11.7. The molecule has 2 aromatic carbocycles. The third-order valence-electron chi connectivity index (χ3n) is 7.22. The van der Waals surface area contributed by atoms with Gasteiger partial charge in [-0.2, -0.15) is 0 Å². The summed E-state index contributed by atoms with van der Waals surface area (Å²) in [6, 6.07) is 18.4. The standard InChI is InChI=1S/C33H52NO3/c1-6-9-10-11-12-13-14-16-20-28-23-25-30(26-24-28)36-32(19-7-2)37-33(35)31(8-3)34(4,5)27-29-21-17-15-18-22-29/h15,17-18,21-26,31-32H,6-14,16,19-20,27H2,1-5H3/q+1. The van der Waals surface area contributed by atoms with Crippen molar-refractivity contribution in [1.82, 2.24) is 0 Å². The first-order chi connectivity index (χ1) is 17.9. The molecule has 2 aromatic rings. The Bertz CT molecular complexity index is 863. The second kappa shape index (κ2) is 17.2. The molecule has 0 amide bonds. The number of quaternary nitrogens is 1. The Kier molecular flexibility index (Phi) is 14.4. The van der Waals surface area contributed by atoms with Gasteiger partial charge in [0.15, 0.2) is 6.04 Å². The number of benzene rings is 2. The predicted octanol–water partition coefficient (Wildman–Crippen LogP) is 8.47. The van der Waals surface area contributed by atoms with Gasteiger partial charge in [0.2, 0.25) is 6.29 Å². The highest BCUT2D eigenvalue weighted by molar-refractivity contribution is 5.74. The number of likely N-dealkylation sites (N-methyl/N-ethyl adjacent to an activating group) is 1. The quantitative estimate of drug-likeness (QED) is 0.0823. The van der Waals surface area contributed by atoms with Gasteiger partial charge in [-0.15, -0.1) is 0 Å². The molecule has 0 N–H and O–H groups in total. The molecule has 0 heterocycles. The molecule has 2 atom stereocenters. The largest absolute Gasteiger partial charge is 0.455 e. The Labute approximate surface area is 227 Å². The summed E-state index contributed by atoms with van der Waals surface area (Å²) in [5, 5.41) is 0. The molecule has 0 aliphatic heterocycles. The van der Waals surface area contributed by atoms with Crippen LogP contribution in [0, 0.1) is 0 Å². The maximum absolute atomic E-state index is 13.3. The van der Waals surface area contributed by atoms with Crippen molar-refractivity contribution in [3.8, 4) is 5.75 Å². The van der Waals surface area contributed by atoms with Crippen LogP contribution in [-0.4, -0.2) is 36.9 Å². The zero-order valence-corrected chi connectivity index (χ0v) is 24.2. The number of ether oxygens (including phenoxy) is 2. The first-order valence-corrected chi connectivity index (χ1v) is 14.7. The summed E-state index contributed by atoms with van der Waals surface area (Å²) in [5.41, 5.74) is 2.56. The van der Waals surface area contributed by atoms with E-state index in [1.807, 2.05) is 30.3 Å². The molecule has 206 valence electrons. The highest BCUT2D eigenvalue weighted by Crippen LogP contribution is 2.22. The maximum atomic E-state index is 13.3. The first kappa shape index (κ1) is 30.9. The smallest absolute Gasteiger partial charge is 0.368 e. The van der Waals surface area contributed by atoms with E-state index in [0.29, 0.717) is 17.3 Å². The molecule has 0 bridgehead atoms. The molecular formula is C33H52NO3+. The second-order valence-electron chi connectivity index (χ2n) is 11.0. The summed E-state index contributed by atoms with van der Waals surface area (Å²) in [5.74, 6) is 0.574. The minimum Gasteiger partial charge on any atom is -0.455 e. The molecule has 0 saturated heterocycles. The molecule has 0 aliphatic carbocycles. The fourth-order valence-electron chi connectivity index (χ4n) is 5.05. The summed E-state index contributed by atoms with van der Waals surface area (Å²) in [6.45, 7) is 7.18. The van der Waals surface area contributed by atoms with E-state index in [0.717, 1.165) is 25.1 Å². The van der Waals surface area contributed by atoms with Crippen molar-refractivity contribution in [1.29, 1.82) is 0 Å². The number of rotatable bonds is 19. The first-order valence-electron chi connectivity index (χ1n) is 14.7. The molecule has 2 unspecified atom stereocenters. The van der Waals surface area contributed by atoms with E-state index in [2.05, 4.69) is 59.1 Å². The van der Waals surface area contributed by atoms with Crippen LogP contribution in [0.3, 0.4) is 0 Å². The van der Waals surface area contributed by atoms with Crippen molar-refractivity contribution in [2.75, 3.05) is 14.1 Å². The Morgan fingerprint density at radius 1 is 0.757 bits per heavy atom. The lowest BCUT2D eigenvalue weighted by Gasteiger charge is -2.36. The molecule has 0 aromatic heterocycles. The van der Waals surface area contributed by atoms with E-state index in [-0.39, 0.29) is 12.0 Å². The molecule has 0 aliphatic rings. The van der Waals surface area contributed by atoms with Gasteiger partial charge in [0.05, 0.1) is 14.1 Å². The summed E-state index contributed by atoms with van der Waals surface area (Å²) >= 11 is 0. The molecule has 4 nitrogen and oxygen atoms in total. The lowest BCUT2D eigenvalue weighted by Crippen LogP contribution is -2.53. The van der Waals surface area contributed by atoms with Crippen LogP contribution in [0.2, 0.25) is 0 Å². The van der Waals surface area contributed by atoms with Crippen LogP contribution in [-0.2, 0) is 22.5 Å². The van der Waals surface area contributed by atoms with Crippen molar-refractivity contribution in [3.63, 3.8) is 0 Å². The number of aryl methyl sites for hydroxylation is 1. The zero-order chi connectivity index (χ0) is 26.9. The van der Waals surface area contributed by atoms with Crippen molar-refractivity contribution >= 4 is 5.97 Å². The second-order valence-corrected chi connectivity index (χ2v) is 11.0. The maximum Gasteiger partial charge on any atom is 0.368 e. The minimum absolute atomic E-state index is 0.187. The van der Waals surface area contributed by atoms with Crippen LogP contribution < -0.4 is 4.74 Å². The lowest BCUT2D eigenvalue weighted by molar-refractivity contribution is -0.919. The Morgan fingerprint density at radius 3 is 1.97 bits per heavy atom. The van der Waals surface area contributed by atoms with Crippen LogP contribution in [0.1, 0.15) is 103 Å². The van der Waals surface area contributed by atoms with E-state index < -0.39 is 6.29 Å². The number of carbonyl (C=O) groups is 1. The number of esters is 1. The average Bonchev–Trinajstić information content (AvgIpc) is 2.87. The molecule has 0 radical (unpaired) electrons. The van der Waals surface area contributed by atoms with Crippen LogP contribution in [0.4, 0.5) is 0 Å². The van der Waals surface area contributed by atoms with Crippen molar-refractivity contribution in [2.45, 2.75) is 117 Å². The Balaban J connectivity index is 1.85. The molecule has 0 spiro atoms. The monoisotopic (exact) mass is 510 g/mol. The topological polar surface area (TPSA) is 35.5 Å². The van der Waals surface area contributed by atoms with Gasteiger partial charge in [-0.25, -0.2) is 4.79 Å². The van der Waals surface area contributed by atoms with Gasteiger partial charge < -0.3 is 14.0 Å². The number of unbranched alkanes of at least 4 members (excludes halogenated alkanes) is 7. The Hall–Kier alpha value is -2.33. The SMILES string of the molecule is CCCCCCCCCCc1ccc(OC(CCC)OC(=O)C(CC)[N+](C)(C)Cc2ccccc2)cc1. The van der Waals surface area contributed by atoms with E-state index in [1.165, 1.54) is 62.5 Å². The van der Waals surface area contributed by atoms with Gasteiger partial charge in [-0.3, -0.25) is 0 Å². The third-order valence-corrected chi connectivity index (χ3v) is 7.22. The number of hydrogen-bond acceptors (Lipinski definition) is 3. The van der Waals surface area contributed by atoms with Crippen LogP contribution in [0.15, 0.2) is 54.6 Å². The van der Waals surface area contributed by atoms with Crippen molar-refractivity contribution in [3.05, 3.63) is 65.7 Å². The fraction of sp³-hybridized carbons (Fsp3) is 0.606. The zero-order valence-electron chi connectivity index (χ0n) is 24.2. The van der Waals surface area contributed by atoms with Gasteiger partial charge in [-0.1, -0.05) is 108 Å². The molecule has 0 saturated carbocycles. The van der Waals surface area contributed by atoms with E-state index in [1.54, 1.807) is 0 Å². The summed E-state index contributed by atoms with van der Waals surface area (Å²) in [7, 11) is 4.20. The average molecular weight is 511 g/mol. The van der Waals surface area contributed by atoms with Gasteiger partial charge >= 0.3 is 5.97 Å². The lowest BCUT2D eigenvalue weighted by atomic mass is 10.0. The van der Waals surface area contributed by atoms with Gasteiger partial charge in [0.1, 0.15) is 12.3 Å². The molecule has 2 rings (SSSR count). The van der Waals surface area contributed by atoms with Crippen molar-refractivity contribution < 1.29 is 18.8 Å². The molecule has 4 heteroatoms. The molecular weight excluding hydrogens is 458 g/mol. The Morgan fingerprint density at radius 2 is 1.38 bits per heavy atom. The highest BCUT2D eigenvalue weighted by atomic mass is 16.7. The van der Waals surface area contributed by atoms with Gasteiger partial charge in [-0.05, 0) is 37.0 Å². The normalized spacial score (nSPS) is 13.2. The molecule has 37 heavy (non-hydrogen) atoms. The highest BCUT2D eigenvalue weighted by Gasteiger charge is 2.36. The number of carbonyl (C=O) groups excluding carboxylic acids is 1. The number of nitrogens with zero attached hydrogens (tertiary/aromatic N) is 1. The molecule has 0 fully saturated rings. The summed E-state index contributed by atoms with van der Waals surface area (Å²) < 4.78 is 12.6. The van der Waals surface area contributed by atoms with Crippen LogP contribution in [0.5, 0.6) is 5.75 Å². The van der Waals surface area contributed by atoms with E-state index in [4.69, 9.17) is 9.47 Å². The summed E-state index contributed by atoms with van der Waals surface area (Å²) in [4.78, 5) is 13.3. The predicted molar refractivity (Wildman–Crippen MR) is 155 cm³/mol. The van der Waals surface area contributed by atoms with Crippen molar-refractivity contribution in [2.24, 2.45) is 0 Å². The minimum atomic E-state index is -0.568. The number of hydrogen-bond donors (Lipinski definition) is 0. The van der Waals surface area contributed by atoms with Crippen LogP contribution >= 0.6 is 0 Å². The fourth-order valence-corrected chi connectivity index (χ4v) is 5.05. The van der Waals surface area contributed by atoms with E-state index >= 15 is 0 Å². The van der Waals surface area contributed by atoms with E-state index in [9.17, 15) is 4.79 Å². The van der Waals surface area contributed by atoms with Gasteiger partial charge in [0, 0.05) is 18.4 Å². The summed E-state index contributed by atoms with van der Waals surface area (Å²) in [6.07, 6.45) is 13.5. The van der Waals surface area contributed by atoms with Crippen LogP contribution in [0.25, 0.3) is 0 Å². The van der Waals surface area contributed by atoms with Gasteiger partial charge in [0.25, 0.3) is 0 Å².